The Balaban J connectivity index is 2.14. The first-order chi connectivity index (χ1) is 7.70. The highest BCUT2D eigenvalue weighted by atomic mass is 16.1. The van der Waals surface area contributed by atoms with Gasteiger partial charge in [0.2, 0.25) is 0 Å². The van der Waals surface area contributed by atoms with E-state index in [0.717, 1.165) is 17.8 Å². The molecule has 16 heavy (non-hydrogen) atoms. The van der Waals surface area contributed by atoms with Crippen molar-refractivity contribution in [2.24, 2.45) is 7.05 Å². The summed E-state index contributed by atoms with van der Waals surface area (Å²) in [6.45, 7) is 2.62. The molecule has 2 aromatic rings. The lowest BCUT2D eigenvalue weighted by Gasteiger charge is -2.03. The van der Waals surface area contributed by atoms with Crippen LogP contribution >= 0.6 is 0 Å². The fraction of sp³-hybridized carbons (Fsp3) is 0.333. The Labute approximate surface area is 94.5 Å². The standard InChI is InChI=1S/C12H15N3O/c1-3-12(16)10-4-5-15(7-10)8-11-6-13-9-14(11)2/h4-7,9H,3,8H2,1-2H3. The van der Waals surface area contributed by atoms with E-state index in [1.54, 1.807) is 6.33 Å². The molecule has 0 fully saturated rings. The van der Waals surface area contributed by atoms with Crippen LogP contribution in [0, 0.1) is 0 Å². The number of Topliss-reactive ketones (excluding diaryl/α,β-unsaturated/α-hetero) is 1. The van der Waals surface area contributed by atoms with Gasteiger partial charge in [0.15, 0.2) is 5.78 Å². The summed E-state index contributed by atoms with van der Waals surface area (Å²) in [7, 11) is 1.96. The number of imidazole rings is 1. The van der Waals surface area contributed by atoms with E-state index < -0.39 is 0 Å². The Morgan fingerprint density at radius 3 is 2.94 bits per heavy atom. The van der Waals surface area contributed by atoms with Crippen molar-refractivity contribution >= 4 is 5.78 Å². The number of aryl methyl sites for hydroxylation is 1. The Kier molecular flexibility index (Phi) is 2.90. The van der Waals surface area contributed by atoms with E-state index in [2.05, 4.69) is 4.98 Å². The van der Waals surface area contributed by atoms with Crippen molar-refractivity contribution in [2.75, 3.05) is 0 Å². The molecule has 0 bridgehead atoms. The van der Waals surface area contributed by atoms with E-state index in [9.17, 15) is 4.79 Å². The molecule has 0 atom stereocenters. The van der Waals surface area contributed by atoms with Crippen LogP contribution in [0.3, 0.4) is 0 Å². The van der Waals surface area contributed by atoms with Crippen LogP contribution < -0.4 is 0 Å². The first-order valence-electron chi connectivity index (χ1n) is 5.35. The van der Waals surface area contributed by atoms with E-state index in [1.165, 1.54) is 0 Å². The Morgan fingerprint density at radius 2 is 2.31 bits per heavy atom. The zero-order valence-electron chi connectivity index (χ0n) is 9.55. The van der Waals surface area contributed by atoms with E-state index in [0.29, 0.717) is 6.42 Å². The summed E-state index contributed by atoms with van der Waals surface area (Å²) in [6, 6.07) is 1.86. The third kappa shape index (κ3) is 2.05. The molecule has 0 amide bonds. The van der Waals surface area contributed by atoms with Crippen LogP contribution in [0.25, 0.3) is 0 Å². The van der Waals surface area contributed by atoms with Gasteiger partial charge in [-0.3, -0.25) is 4.79 Å². The number of aromatic nitrogens is 3. The monoisotopic (exact) mass is 217 g/mol. The molecule has 2 aromatic heterocycles. The largest absolute Gasteiger partial charge is 0.348 e. The number of carbonyl (C=O) groups excluding carboxylic acids is 1. The van der Waals surface area contributed by atoms with Gasteiger partial charge in [-0.2, -0.15) is 0 Å². The third-order valence-electron chi connectivity index (χ3n) is 2.65. The quantitative estimate of drug-likeness (QED) is 0.733. The van der Waals surface area contributed by atoms with E-state index in [-0.39, 0.29) is 5.78 Å². The van der Waals surface area contributed by atoms with Gasteiger partial charge in [-0.1, -0.05) is 6.92 Å². The van der Waals surface area contributed by atoms with Gasteiger partial charge in [0, 0.05) is 37.6 Å². The maximum Gasteiger partial charge on any atom is 0.164 e. The fourth-order valence-corrected chi connectivity index (χ4v) is 1.63. The molecule has 0 unspecified atom stereocenters. The lowest BCUT2D eigenvalue weighted by atomic mass is 10.2. The average molecular weight is 217 g/mol. The fourth-order valence-electron chi connectivity index (χ4n) is 1.63. The molecule has 2 heterocycles. The SMILES string of the molecule is CCC(=O)c1ccn(Cc2cncn2C)c1. The van der Waals surface area contributed by atoms with Crippen molar-refractivity contribution in [3.8, 4) is 0 Å². The molecule has 0 radical (unpaired) electrons. The Bertz CT molecular complexity index is 496. The first kappa shape index (κ1) is 10.7. The molecule has 0 aliphatic rings. The highest BCUT2D eigenvalue weighted by Gasteiger charge is 2.05. The summed E-state index contributed by atoms with van der Waals surface area (Å²) in [5.41, 5.74) is 1.90. The second kappa shape index (κ2) is 4.35. The number of nitrogens with zero attached hydrogens (tertiary/aromatic N) is 3. The molecular formula is C12H15N3O. The maximum absolute atomic E-state index is 11.5. The van der Waals surface area contributed by atoms with Crippen molar-refractivity contribution in [1.82, 2.24) is 14.1 Å². The number of rotatable bonds is 4. The highest BCUT2D eigenvalue weighted by molar-refractivity contribution is 5.95. The summed E-state index contributed by atoms with van der Waals surface area (Å²) in [5.74, 6) is 0.184. The summed E-state index contributed by atoms with van der Waals surface area (Å²) in [6.07, 6.45) is 7.97. The van der Waals surface area contributed by atoms with Crippen molar-refractivity contribution in [2.45, 2.75) is 19.9 Å². The predicted molar refractivity (Wildman–Crippen MR) is 61.4 cm³/mol. The smallest absolute Gasteiger partial charge is 0.164 e. The summed E-state index contributed by atoms with van der Waals surface area (Å²) in [4.78, 5) is 15.5. The van der Waals surface area contributed by atoms with Crippen molar-refractivity contribution in [1.29, 1.82) is 0 Å². The second-order valence-electron chi connectivity index (χ2n) is 3.85. The van der Waals surface area contributed by atoms with Crippen molar-refractivity contribution in [3.05, 3.63) is 42.2 Å². The number of hydrogen-bond acceptors (Lipinski definition) is 2. The highest BCUT2D eigenvalue weighted by Crippen LogP contribution is 2.07. The van der Waals surface area contributed by atoms with E-state index >= 15 is 0 Å². The number of ketones is 1. The zero-order valence-corrected chi connectivity index (χ0v) is 9.55. The predicted octanol–water partition coefficient (Wildman–Crippen LogP) is 1.86. The molecule has 0 saturated carbocycles. The van der Waals surface area contributed by atoms with Gasteiger partial charge in [0.1, 0.15) is 0 Å². The molecule has 4 heteroatoms. The number of hydrogen-bond donors (Lipinski definition) is 0. The minimum atomic E-state index is 0.184. The molecule has 4 nitrogen and oxygen atoms in total. The molecule has 84 valence electrons. The van der Waals surface area contributed by atoms with Gasteiger partial charge in [0.05, 0.1) is 18.6 Å². The molecule has 0 N–H and O–H groups in total. The lowest BCUT2D eigenvalue weighted by molar-refractivity contribution is 0.0988. The maximum atomic E-state index is 11.5. The van der Waals surface area contributed by atoms with Crippen LogP contribution in [0.2, 0.25) is 0 Å². The molecular weight excluding hydrogens is 202 g/mol. The van der Waals surface area contributed by atoms with Crippen LogP contribution in [0.5, 0.6) is 0 Å². The summed E-state index contributed by atoms with van der Waals surface area (Å²) >= 11 is 0. The Hall–Kier alpha value is -1.84. The molecule has 0 aliphatic heterocycles. The number of carbonyl (C=O) groups is 1. The van der Waals surface area contributed by atoms with Crippen LogP contribution in [0.4, 0.5) is 0 Å². The van der Waals surface area contributed by atoms with Gasteiger partial charge in [-0.05, 0) is 6.07 Å². The summed E-state index contributed by atoms with van der Waals surface area (Å²) in [5, 5.41) is 0. The van der Waals surface area contributed by atoms with E-state index in [1.807, 2.05) is 47.8 Å². The zero-order chi connectivity index (χ0) is 11.5. The van der Waals surface area contributed by atoms with Gasteiger partial charge in [-0.25, -0.2) is 4.98 Å². The summed E-state index contributed by atoms with van der Waals surface area (Å²) < 4.78 is 3.97. The van der Waals surface area contributed by atoms with Gasteiger partial charge >= 0.3 is 0 Å². The first-order valence-corrected chi connectivity index (χ1v) is 5.35. The van der Waals surface area contributed by atoms with Crippen LogP contribution in [-0.2, 0) is 13.6 Å². The van der Waals surface area contributed by atoms with Crippen LogP contribution in [-0.4, -0.2) is 19.9 Å². The topological polar surface area (TPSA) is 39.8 Å². The molecule has 0 aromatic carbocycles. The minimum Gasteiger partial charge on any atom is -0.348 e. The average Bonchev–Trinajstić information content (AvgIpc) is 2.89. The van der Waals surface area contributed by atoms with Gasteiger partial charge in [0.25, 0.3) is 0 Å². The lowest BCUT2D eigenvalue weighted by Crippen LogP contribution is -2.02. The van der Waals surface area contributed by atoms with Crippen molar-refractivity contribution < 1.29 is 4.79 Å². The van der Waals surface area contributed by atoms with Crippen LogP contribution in [0.1, 0.15) is 29.4 Å². The van der Waals surface area contributed by atoms with Gasteiger partial charge < -0.3 is 9.13 Å². The minimum absolute atomic E-state index is 0.184. The molecule has 0 saturated heterocycles. The molecule has 0 aliphatic carbocycles. The van der Waals surface area contributed by atoms with Crippen molar-refractivity contribution in [3.63, 3.8) is 0 Å². The molecule has 2 rings (SSSR count). The van der Waals surface area contributed by atoms with E-state index in [4.69, 9.17) is 0 Å². The third-order valence-corrected chi connectivity index (χ3v) is 2.65. The normalized spacial score (nSPS) is 10.6. The van der Waals surface area contributed by atoms with Gasteiger partial charge in [-0.15, -0.1) is 0 Å². The second-order valence-corrected chi connectivity index (χ2v) is 3.85. The van der Waals surface area contributed by atoms with Crippen LogP contribution in [0.15, 0.2) is 31.0 Å². The Morgan fingerprint density at radius 1 is 1.50 bits per heavy atom. The molecule has 0 spiro atoms.